The lowest BCUT2D eigenvalue weighted by atomic mass is 9.91. The Morgan fingerprint density at radius 3 is 1.97 bits per heavy atom. The van der Waals surface area contributed by atoms with Gasteiger partial charge in [-0.05, 0) is 39.5 Å². The molecule has 0 radical (unpaired) electrons. The summed E-state index contributed by atoms with van der Waals surface area (Å²) in [6.07, 6.45) is 14.6. The molecule has 168 valence electrons. The molecule has 2 N–H and O–H groups in total. The number of carboxylic acids is 1. The summed E-state index contributed by atoms with van der Waals surface area (Å²) in [6, 6.07) is 1.00. The minimum atomic E-state index is -0.935. The molecule has 0 aromatic heterocycles. The SMILES string of the molecule is C1CCC(NC2CCCCC2)CC1.CC(CS)C(=O)N1CSC(C)(C)C1C(=O)O. The van der Waals surface area contributed by atoms with Crippen molar-refractivity contribution in [3.63, 3.8) is 0 Å². The maximum absolute atomic E-state index is 12.0. The number of carbonyl (C=O) groups excluding carboxylic acids is 1. The first kappa shape index (κ1) is 24.9. The van der Waals surface area contributed by atoms with Gasteiger partial charge in [-0.25, -0.2) is 4.79 Å². The van der Waals surface area contributed by atoms with E-state index in [0.717, 1.165) is 12.1 Å². The van der Waals surface area contributed by atoms with Crippen LogP contribution in [0.25, 0.3) is 0 Å². The average Bonchev–Trinajstić information content (AvgIpc) is 3.04. The highest BCUT2D eigenvalue weighted by atomic mass is 32.2. The van der Waals surface area contributed by atoms with Crippen LogP contribution in [0, 0.1) is 5.92 Å². The number of thioether (sulfide) groups is 1. The molecule has 1 aliphatic heterocycles. The number of rotatable bonds is 5. The van der Waals surface area contributed by atoms with Crippen LogP contribution in [-0.4, -0.2) is 56.4 Å². The zero-order chi connectivity index (χ0) is 21.4. The van der Waals surface area contributed by atoms with Gasteiger partial charge in [-0.1, -0.05) is 45.4 Å². The van der Waals surface area contributed by atoms with Crippen molar-refractivity contribution in [1.82, 2.24) is 10.2 Å². The summed E-state index contributed by atoms with van der Waals surface area (Å²) in [5, 5.41) is 13.1. The van der Waals surface area contributed by atoms with E-state index in [0.29, 0.717) is 11.6 Å². The van der Waals surface area contributed by atoms with Crippen molar-refractivity contribution in [2.24, 2.45) is 5.92 Å². The Balaban J connectivity index is 0.000000211. The summed E-state index contributed by atoms with van der Waals surface area (Å²) < 4.78 is -0.433. The Kier molecular flexibility index (Phi) is 10.2. The molecule has 1 saturated heterocycles. The molecule has 0 spiro atoms. The second kappa shape index (κ2) is 11.8. The monoisotopic (exact) mass is 444 g/mol. The molecule has 0 aromatic carbocycles. The predicted molar refractivity (Wildman–Crippen MR) is 125 cm³/mol. The zero-order valence-electron chi connectivity index (χ0n) is 18.4. The van der Waals surface area contributed by atoms with E-state index in [1.807, 2.05) is 13.8 Å². The Morgan fingerprint density at radius 2 is 1.55 bits per heavy atom. The van der Waals surface area contributed by atoms with Gasteiger partial charge in [-0.2, -0.15) is 12.6 Å². The van der Waals surface area contributed by atoms with Gasteiger partial charge in [0, 0.05) is 28.5 Å². The summed E-state index contributed by atoms with van der Waals surface area (Å²) in [5.41, 5.74) is 0. The lowest BCUT2D eigenvalue weighted by Gasteiger charge is -2.30. The van der Waals surface area contributed by atoms with E-state index in [1.165, 1.54) is 80.9 Å². The Morgan fingerprint density at radius 1 is 1.07 bits per heavy atom. The first-order chi connectivity index (χ1) is 13.8. The number of carbonyl (C=O) groups is 2. The molecular formula is C22H40N2O3S2. The zero-order valence-corrected chi connectivity index (χ0v) is 20.1. The smallest absolute Gasteiger partial charge is 0.327 e. The molecular weight excluding hydrogens is 404 g/mol. The van der Waals surface area contributed by atoms with E-state index in [4.69, 9.17) is 0 Å². The lowest BCUT2D eigenvalue weighted by Crippen LogP contribution is -2.50. The lowest BCUT2D eigenvalue weighted by molar-refractivity contribution is -0.150. The van der Waals surface area contributed by atoms with Crippen LogP contribution in [0.3, 0.4) is 0 Å². The van der Waals surface area contributed by atoms with Crippen LogP contribution in [0.4, 0.5) is 0 Å². The van der Waals surface area contributed by atoms with Gasteiger partial charge in [-0.15, -0.1) is 11.8 Å². The predicted octanol–water partition coefficient (Wildman–Crippen LogP) is 4.56. The number of nitrogens with zero attached hydrogens (tertiary/aromatic N) is 1. The van der Waals surface area contributed by atoms with Crippen molar-refractivity contribution in [3.8, 4) is 0 Å². The van der Waals surface area contributed by atoms with Crippen LogP contribution < -0.4 is 5.32 Å². The third kappa shape index (κ3) is 7.35. The van der Waals surface area contributed by atoms with Gasteiger partial charge < -0.3 is 15.3 Å². The summed E-state index contributed by atoms with van der Waals surface area (Å²) in [7, 11) is 0. The molecule has 3 rings (SSSR count). The highest BCUT2D eigenvalue weighted by Crippen LogP contribution is 2.40. The van der Waals surface area contributed by atoms with E-state index >= 15 is 0 Å². The van der Waals surface area contributed by atoms with Crippen molar-refractivity contribution in [2.75, 3.05) is 11.6 Å². The number of carboxylic acid groups (broad SMARTS) is 1. The molecule has 2 unspecified atom stereocenters. The van der Waals surface area contributed by atoms with Crippen molar-refractivity contribution in [1.29, 1.82) is 0 Å². The maximum Gasteiger partial charge on any atom is 0.327 e. The molecule has 2 atom stereocenters. The second-order valence-corrected chi connectivity index (χ2v) is 11.3. The molecule has 29 heavy (non-hydrogen) atoms. The minimum Gasteiger partial charge on any atom is -0.480 e. The molecule has 1 amide bonds. The van der Waals surface area contributed by atoms with Crippen LogP contribution in [-0.2, 0) is 9.59 Å². The number of amides is 1. The Labute approximate surface area is 186 Å². The number of nitrogens with one attached hydrogen (secondary N) is 1. The standard InChI is InChI=1S/C12H23N.C10H17NO3S2/c1-3-7-11(8-4-1)13-12-9-5-2-6-10-12;1-6(4-15)8(12)11-5-16-10(2,3)7(11)9(13)14/h11-13H,1-10H2;6-7,15H,4-5H2,1-3H3,(H,13,14). The first-order valence-corrected chi connectivity index (χ1v) is 12.9. The summed E-state index contributed by atoms with van der Waals surface area (Å²) >= 11 is 5.57. The fraction of sp³-hybridized carbons (Fsp3) is 0.909. The summed E-state index contributed by atoms with van der Waals surface area (Å²) in [4.78, 5) is 24.6. The van der Waals surface area contributed by atoms with Gasteiger partial charge in [0.25, 0.3) is 0 Å². The maximum atomic E-state index is 12.0. The van der Waals surface area contributed by atoms with Gasteiger partial charge in [-0.3, -0.25) is 4.79 Å². The van der Waals surface area contributed by atoms with Crippen molar-refractivity contribution in [3.05, 3.63) is 0 Å². The van der Waals surface area contributed by atoms with E-state index in [2.05, 4.69) is 17.9 Å². The highest BCUT2D eigenvalue weighted by molar-refractivity contribution is 8.00. The molecule has 0 bridgehead atoms. The molecule has 0 aromatic rings. The van der Waals surface area contributed by atoms with E-state index in [-0.39, 0.29) is 11.8 Å². The van der Waals surface area contributed by atoms with E-state index in [1.54, 1.807) is 6.92 Å². The molecule has 7 heteroatoms. The first-order valence-electron chi connectivity index (χ1n) is 11.3. The fourth-order valence-electron chi connectivity index (χ4n) is 4.62. The van der Waals surface area contributed by atoms with Gasteiger partial charge in [0.1, 0.15) is 6.04 Å². The topological polar surface area (TPSA) is 69.6 Å². The van der Waals surface area contributed by atoms with Crippen molar-refractivity contribution >= 4 is 36.3 Å². The van der Waals surface area contributed by atoms with Crippen LogP contribution in [0.15, 0.2) is 0 Å². The fourth-order valence-corrected chi connectivity index (χ4v) is 5.91. The van der Waals surface area contributed by atoms with E-state index in [9.17, 15) is 14.7 Å². The van der Waals surface area contributed by atoms with Gasteiger partial charge in [0.2, 0.25) is 5.91 Å². The molecule has 2 saturated carbocycles. The molecule has 1 heterocycles. The van der Waals surface area contributed by atoms with Gasteiger partial charge in [0.15, 0.2) is 0 Å². The van der Waals surface area contributed by atoms with Crippen LogP contribution >= 0.6 is 24.4 Å². The molecule has 5 nitrogen and oxygen atoms in total. The van der Waals surface area contributed by atoms with Crippen LogP contribution in [0.5, 0.6) is 0 Å². The molecule has 2 aliphatic carbocycles. The Bertz CT molecular complexity index is 516. The molecule has 3 fully saturated rings. The van der Waals surface area contributed by atoms with Gasteiger partial charge in [0.05, 0.1) is 5.88 Å². The quantitative estimate of drug-likeness (QED) is 0.542. The largest absolute Gasteiger partial charge is 0.480 e. The average molecular weight is 445 g/mol. The van der Waals surface area contributed by atoms with Crippen molar-refractivity contribution < 1.29 is 14.7 Å². The number of hydrogen-bond acceptors (Lipinski definition) is 5. The summed E-state index contributed by atoms with van der Waals surface area (Å²) in [6.45, 7) is 5.48. The van der Waals surface area contributed by atoms with Crippen LogP contribution in [0.2, 0.25) is 0 Å². The minimum absolute atomic E-state index is 0.125. The Hall–Kier alpha value is -0.400. The summed E-state index contributed by atoms with van der Waals surface area (Å²) in [5.74, 6) is -0.414. The van der Waals surface area contributed by atoms with Gasteiger partial charge >= 0.3 is 5.97 Å². The number of aliphatic carboxylic acids is 1. The third-order valence-corrected chi connectivity index (χ3v) is 8.36. The second-order valence-electron chi connectivity index (χ2n) is 9.35. The highest BCUT2D eigenvalue weighted by Gasteiger charge is 2.48. The third-order valence-electron chi connectivity index (χ3n) is 6.44. The number of hydrogen-bond donors (Lipinski definition) is 3. The normalized spacial score (nSPS) is 26.5. The molecule has 3 aliphatic rings. The van der Waals surface area contributed by atoms with Crippen molar-refractivity contribution in [2.45, 2.75) is 108 Å². The number of thiol groups is 1. The van der Waals surface area contributed by atoms with Crippen LogP contribution in [0.1, 0.15) is 85.0 Å². The van der Waals surface area contributed by atoms with E-state index < -0.39 is 16.8 Å².